The number of ether oxygens (including phenoxy) is 2. The van der Waals surface area contributed by atoms with Gasteiger partial charge in [-0.25, -0.2) is 4.98 Å². The van der Waals surface area contributed by atoms with E-state index in [-0.39, 0.29) is 18.0 Å². The highest BCUT2D eigenvalue weighted by molar-refractivity contribution is 5.91. The molecule has 1 N–H and O–H groups in total. The van der Waals surface area contributed by atoms with Crippen molar-refractivity contribution in [3.63, 3.8) is 0 Å². The highest BCUT2D eigenvalue weighted by Crippen LogP contribution is 2.29. The third-order valence-corrected chi connectivity index (χ3v) is 4.14. The lowest BCUT2D eigenvalue weighted by atomic mass is 10.2. The van der Waals surface area contributed by atoms with Gasteiger partial charge in [-0.2, -0.15) is 0 Å². The van der Waals surface area contributed by atoms with E-state index in [1.807, 2.05) is 30.3 Å². The maximum Gasteiger partial charge on any atom is 0.254 e. The van der Waals surface area contributed by atoms with Gasteiger partial charge in [0.2, 0.25) is 5.91 Å². The van der Waals surface area contributed by atoms with Crippen molar-refractivity contribution in [1.82, 2.24) is 9.55 Å². The SMILES string of the molecule is COc1ccc(NC(=O)Cn2c(-c3ccccc3)nc(C)cc2=O)cc1OC. The molecule has 0 fully saturated rings. The van der Waals surface area contributed by atoms with E-state index in [9.17, 15) is 9.59 Å². The largest absolute Gasteiger partial charge is 0.493 e. The third-order valence-electron chi connectivity index (χ3n) is 4.14. The Morgan fingerprint density at radius 2 is 1.75 bits per heavy atom. The van der Waals surface area contributed by atoms with E-state index in [1.165, 1.54) is 24.9 Å². The van der Waals surface area contributed by atoms with Crippen molar-refractivity contribution < 1.29 is 14.3 Å². The number of rotatable bonds is 6. The van der Waals surface area contributed by atoms with Gasteiger partial charge in [0.25, 0.3) is 5.56 Å². The lowest BCUT2D eigenvalue weighted by molar-refractivity contribution is -0.116. The quantitative estimate of drug-likeness (QED) is 0.712. The summed E-state index contributed by atoms with van der Waals surface area (Å²) in [4.78, 5) is 29.6. The smallest absolute Gasteiger partial charge is 0.254 e. The second kappa shape index (κ2) is 8.39. The van der Waals surface area contributed by atoms with Crippen molar-refractivity contribution in [3.8, 4) is 22.9 Å². The minimum Gasteiger partial charge on any atom is -0.493 e. The Labute approximate surface area is 162 Å². The molecule has 0 aliphatic rings. The number of nitrogens with one attached hydrogen (secondary N) is 1. The van der Waals surface area contributed by atoms with Crippen LogP contribution in [0.15, 0.2) is 59.4 Å². The van der Waals surface area contributed by atoms with Crippen LogP contribution >= 0.6 is 0 Å². The Kier molecular flexibility index (Phi) is 5.74. The number of nitrogens with zero attached hydrogens (tertiary/aromatic N) is 2. The lowest BCUT2D eigenvalue weighted by Gasteiger charge is -2.14. The van der Waals surface area contributed by atoms with Crippen molar-refractivity contribution in [2.24, 2.45) is 0 Å². The third kappa shape index (κ3) is 4.20. The molecule has 2 aromatic carbocycles. The number of methoxy groups -OCH3 is 2. The molecule has 3 rings (SSSR count). The molecule has 0 unspecified atom stereocenters. The summed E-state index contributed by atoms with van der Waals surface area (Å²) in [5.74, 6) is 1.16. The average Bonchev–Trinajstić information content (AvgIpc) is 2.70. The van der Waals surface area contributed by atoms with Gasteiger partial charge < -0.3 is 14.8 Å². The Hall–Kier alpha value is -3.61. The molecule has 0 radical (unpaired) electrons. The van der Waals surface area contributed by atoms with Crippen LogP contribution in [0.1, 0.15) is 5.69 Å². The number of carbonyl (C=O) groups is 1. The summed E-state index contributed by atoms with van der Waals surface area (Å²) in [6.45, 7) is 1.59. The van der Waals surface area contributed by atoms with Crippen molar-refractivity contribution in [3.05, 3.63) is 70.6 Å². The van der Waals surface area contributed by atoms with E-state index >= 15 is 0 Å². The van der Waals surface area contributed by atoms with Crippen LogP contribution in [0, 0.1) is 6.92 Å². The highest BCUT2D eigenvalue weighted by Gasteiger charge is 2.14. The normalized spacial score (nSPS) is 10.4. The first-order valence-corrected chi connectivity index (χ1v) is 8.67. The van der Waals surface area contributed by atoms with Crippen LogP contribution in [-0.2, 0) is 11.3 Å². The fourth-order valence-corrected chi connectivity index (χ4v) is 2.84. The minimum atomic E-state index is -0.350. The van der Waals surface area contributed by atoms with Crippen LogP contribution in [0.25, 0.3) is 11.4 Å². The second-order valence-electron chi connectivity index (χ2n) is 6.13. The molecular formula is C21H21N3O4. The molecule has 1 heterocycles. The van der Waals surface area contributed by atoms with Gasteiger partial charge in [-0.1, -0.05) is 30.3 Å². The number of carbonyl (C=O) groups excluding carboxylic acids is 1. The van der Waals surface area contributed by atoms with Gasteiger partial charge in [0, 0.05) is 29.1 Å². The molecule has 28 heavy (non-hydrogen) atoms. The van der Waals surface area contributed by atoms with Gasteiger partial charge >= 0.3 is 0 Å². The van der Waals surface area contributed by atoms with Crippen LogP contribution in [0.2, 0.25) is 0 Å². The van der Waals surface area contributed by atoms with Gasteiger partial charge in [-0.3, -0.25) is 14.2 Å². The predicted molar refractivity (Wildman–Crippen MR) is 107 cm³/mol. The average molecular weight is 379 g/mol. The van der Waals surface area contributed by atoms with E-state index < -0.39 is 0 Å². The van der Waals surface area contributed by atoms with E-state index in [4.69, 9.17) is 9.47 Å². The van der Waals surface area contributed by atoms with Gasteiger partial charge in [-0.15, -0.1) is 0 Å². The van der Waals surface area contributed by atoms with Crippen LogP contribution in [0.5, 0.6) is 11.5 Å². The van der Waals surface area contributed by atoms with Crippen molar-refractivity contribution in [2.45, 2.75) is 13.5 Å². The molecule has 0 aliphatic carbocycles. The molecule has 1 aromatic heterocycles. The molecule has 144 valence electrons. The van der Waals surface area contributed by atoms with Gasteiger partial charge in [0.1, 0.15) is 12.4 Å². The number of hydrogen-bond donors (Lipinski definition) is 1. The number of aromatic nitrogens is 2. The van der Waals surface area contributed by atoms with Crippen molar-refractivity contribution in [2.75, 3.05) is 19.5 Å². The highest BCUT2D eigenvalue weighted by atomic mass is 16.5. The first kappa shape index (κ1) is 19.2. The van der Waals surface area contributed by atoms with Crippen molar-refractivity contribution >= 4 is 11.6 Å². The molecule has 7 nitrogen and oxygen atoms in total. The summed E-state index contributed by atoms with van der Waals surface area (Å²) in [7, 11) is 3.06. The van der Waals surface area contributed by atoms with Crippen molar-refractivity contribution in [1.29, 1.82) is 0 Å². The van der Waals surface area contributed by atoms with Gasteiger partial charge in [0.05, 0.1) is 14.2 Å². The molecule has 0 aliphatic heterocycles. The minimum absolute atomic E-state index is 0.162. The molecule has 0 bridgehead atoms. The Balaban J connectivity index is 1.88. The Bertz CT molecular complexity index is 1050. The van der Waals surface area contributed by atoms with Crippen LogP contribution < -0.4 is 20.3 Å². The van der Waals surface area contributed by atoms with Gasteiger partial charge in [-0.05, 0) is 19.1 Å². The summed E-state index contributed by atoms with van der Waals surface area (Å²) < 4.78 is 11.8. The van der Waals surface area contributed by atoms with Crippen LogP contribution in [0.3, 0.4) is 0 Å². The molecule has 0 saturated carbocycles. The second-order valence-corrected chi connectivity index (χ2v) is 6.13. The summed E-state index contributed by atoms with van der Waals surface area (Å²) in [5, 5.41) is 2.77. The van der Waals surface area contributed by atoms with E-state index in [0.717, 1.165) is 5.56 Å². The fraction of sp³-hybridized carbons (Fsp3) is 0.190. The first-order chi connectivity index (χ1) is 13.5. The molecule has 1 amide bonds. The summed E-state index contributed by atoms with van der Waals surface area (Å²) in [5.41, 5.74) is 1.62. The Morgan fingerprint density at radius 1 is 1.04 bits per heavy atom. The number of benzene rings is 2. The topological polar surface area (TPSA) is 82.5 Å². The zero-order chi connectivity index (χ0) is 20.1. The lowest BCUT2D eigenvalue weighted by Crippen LogP contribution is -2.29. The summed E-state index contributed by atoms with van der Waals surface area (Å²) >= 11 is 0. The fourth-order valence-electron chi connectivity index (χ4n) is 2.84. The zero-order valence-corrected chi connectivity index (χ0v) is 15.9. The van der Waals surface area contributed by atoms with E-state index in [1.54, 1.807) is 25.1 Å². The van der Waals surface area contributed by atoms with Crippen LogP contribution in [-0.4, -0.2) is 29.7 Å². The molecule has 3 aromatic rings. The molecule has 0 spiro atoms. The first-order valence-electron chi connectivity index (χ1n) is 8.67. The summed E-state index contributed by atoms with van der Waals surface area (Å²) in [6, 6.07) is 15.8. The Morgan fingerprint density at radius 3 is 2.43 bits per heavy atom. The number of amides is 1. The van der Waals surface area contributed by atoms with Crippen LogP contribution in [0.4, 0.5) is 5.69 Å². The molecule has 0 saturated heterocycles. The van der Waals surface area contributed by atoms with E-state index in [2.05, 4.69) is 10.3 Å². The summed E-state index contributed by atoms with van der Waals surface area (Å²) in [6.07, 6.45) is 0. The standard InChI is InChI=1S/C21H21N3O4/c1-14-11-20(26)24(21(22-14)15-7-5-4-6-8-15)13-19(25)23-16-9-10-17(27-2)18(12-16)28-3/h4-12H,13H2,1-3H3,(H,23,25). The number of hydrogen-bond acceptors (Lipinski definition) is 5. The maximum absolute atomic E-state index is 12.6. The zero-order valence-electron chi connectivity index (χ0n) is 15.9. The molecule has 7 heteroatoms. The van der Waals surface area contributed by atoms with Gasteiger partial charge in [0.15, 0.2) is 11.5 Å². The monoisotopic (exact) mass is 379 g/mol. The molecular weight excluding hydrogens is 358 g/mol. The number of aryl methyl sites for hydroxylation is 1. The molecule has 0 atom stereocenters. The number of anilines is 1. The maximum atomic E-state index is 12.6. The van der Waals surface area contributed by atoms with E-state index in [0.29, 0.717) is 28.7 Å². The predicted octanol–water partition coefficient (Wildman–Crippen LogP) is 2.87.